The van der Waals surface area contributed by atoms with E-state index in [1.807, 2.05) is 31.2 Å². The summed E-state index contributed by atoms with van der Waals surface area (Å²) in [6, 6.07) is 11.0. The van der Waals surface area contributed by atoms with E-state index in [1.165, 1.54) is 0 Å². The second-order valence-corrected chi connectivity index (χ2v) is 4.32. The first-order valence-electron chi connectivity index (χ1n) is 6.55. The molecule has 0 spiro atoms. The number of nitrogens with zero attached hydrogens (tertiary/aromatic N) is 3. The predicted octanol–water partition coefficient (Wildman–Crippen LogP) is 2.78. The van der Waals surface area contributed by atoms with Crippen LogP contribution in [0.25, 0.3) is 22.8 Å². The van der Waals surface area contributed by atoms with Crippen LogP contribution in [-0.2, 0) is 0 Å². The minimum absolute atomic E-state index is 0.394. The van der Waals surface area contributed by atoms with Crippen molar-refractivity contribution in [3.05, 3.63) is 42.6 Å². The second-order valence-electron chi connectivity index (χ2n) is 4.32. The van der Waals surface area contributed by atoms with Gasteiger partial charge in [-0.25, -0.2) is 4.98 Å². The van der Waals surface area contributed by atoms with Crippen LogP contribution in [0.3, 0.4) is 0 Å². The number of benzene rings is 1. The van der Waals surface area contributed by atoms with Gasteiger partial charge in [-0.05, 0) is 31.2 Å². The van der Waals surface area contributed by atoms with Crippen molar-refractivity contribution < 1.29 is 9.26 Å². The van der Waals surface area contributed by atoms with E-state index in [-0.39, 0.29) is 0 Å². The number of aromatic nitrogens is 3. The molecule has 0 atom stereocenters. The summed E-state index contributed by atoms with van der Waals surface area (Å²) in [7, 11) is 0. The lowest BCUT2D eigenvalue weighted by Gasteiger charge is -2.05. The summed E-state index contributed by atoms with van der Waals surface area (Å²) >= 11 is 0. The van der Waals surface area contributed by atoms with Gasteiger partial charge >= 0.3 is 0 Å². The zero-order chi connectivity index (χ0) is 14.7. The van der Waals surface area contributed by atoms with E-state index in [9.17, 15) is 0 Å². The summed E-state index contributed by atoms with van der Waals surface area (Å²) in [5.41, 5.74) is 7.18. The minimum atomic E-state index is 0.394. The van der Waals surface area contributed by atoms with Crippen molar-refractivity contribution in [2.45, 2.75) is 6.92 Å². The molecule has 0 saturated heterocycles. The maximum Gasteiger partial charge on any atom is 0.258 e. The van der Waals surface area contributed by atoms with Gasteiger partial charge in [0.25, 0.3) is 5.89 Å². The molecule has 2 heterocycles. The van der Waals surface area contributed by atoms with Crippen molar-refractivity contribution in [3.63, 3.8) is 0 Å². The van der Waals surface area contributed by atoms with Crippen LogP contribution in [0.1, 0.15) is 6.92 Å². The predicted molar refractivity (Wildman–Crippen MR) is 78.5 cm³/mol. The molecule has 1 aromatic carbocycles. The van der Waals surface area contributed by atoms with E-state index in [4.69, 9.17) is 15.0 Å². The first-order chi connectivity index (χ1) is 10.3. The van der Waals surface area contributed by atoms with Crippen LogP contribution < -0.4 is 10.5 Å². The van der Waals surface area contributed by atoms with Crippen LogP contribution in [-0.4, -0.2) is 21.7 Å². The van der Waals surface area contributed by atoms with Gasteiger partial charge < -0.3 is 15.0 Å². The van der Waals surface area contributed by atoms with Crippen molar-refractivity contribution in [2.24, 2.45) is 0 Å². The highest BCUT2D eigenvalue weighted by Crippen LogP contribution is 2.29. The van der Waals surface area contributed by atoms with E-state index < -0.39 is 0 Å². The van der Waals surface area contributed by atoms with E-state index in [0.717, 1.165) is 16.9 Å². The highest BCUT2D eigenvalue weighted by atomic mass is 16.5. The molecule has 0 fully saturated rings. The molecule has 2 N–H and O–H groups in total. The molecule has 6 heteroatoms. The van der Waals surface area contributed by atoms with E-state index >= 15 is 0 Å². The molecule has 2 aromatic heterocycles. The molecule has 0 aliphatic heterocycles. The van der Waals surface area contributed by atoms with Gasteiger partial charge in [0, 0.05) is 11.8 Å². The van der Waals surface area contributed by atoms with E-state index in [0.29, 0.717) is 24.1 Å². The zero-order valence-electron chi connectivity index (χ0n) is 11.5. The number of nitrogen functional groups attached to an aromatic ring is 1. The average Bonchev–Trinajstić information content (AvgIpc) is 2.98. The van der Waals surface area contributed by atoms with Gasteiger partial charge in [0.05, 0.1) is 12.2 Å². The van der Waals surface area contributed by atoms with Crippen molar-refractivity contribution >= 4 is 5.82 Å². The molecule has 0 amide bonds. The third-order valence-electron chi connectivity index (χ3n) is 2.88. The molecule has 3 aromatic rings. The molecule has 6 nitrogen and oxygen atoms in total. The average molecular weight is 282 g/mol. The van der Waals surface area contributed by atoms with E-state index in [1.54, 1.807) is 18.3 Å². The lowest BCUT2D eigenvalue weighted by Crippen LogP contribution is -1.94. The van der Waals surface area contributed by atoms with Crippen LogP contribution in [0.5, 0.6) is 5.75 Å². The first-order valence-corrected chi connectivity index (χ1v) is 6.55. The van der Waals surface area contributed by atoms with Crippen LogP contribution in [0.2, 0.25) is 0 Å². The lowest BCUT2D eigenvalue weighted by atomic mass is 10.2. The molecule has 21 heavy (non-hydrogen) atoms. The Morgan fingerprint density at radius 3 is 2.90 bits per heavy atom. The summed E-state index contributed by atoms with van der Waals surface area (Å²) < 4.78 is 10.9. The lowest BCUT2D eigenvalue weighted by molar-refractivity contribution is 0.341. The molecule has 0 aliphatic rings. The second kappa shape index (κ2) is 5.62. The number of para-hydroxylation sites is 1. The maximum atomic E-state index is 5.66. The number of hydrogen-bond donors (Lipinski definition) is 1. The Balaban J connectivity index is 1.99. The van der Waals surface area contributed by atoms with Gasteiger partial charge in [0.1, 0.15) is 11.6 Å². The fraction of sp³-hybridized carbons (Fsp3) is 0.133. The van der Waals surface area contributed by atoms with Gasteiger partial charge in [-0.15, -0.1) is 0 Å². The number of ether oxygens (including phenoxy) is 1. The fourth-order valence-electron chi connectivity index (χ4n) is 1.96. The molecule has 0 unspecified atom stereocenters. The zero-order valence-corrected chi connectivity index (χ0v) is 11.5. The van der Waals surface area contributed by atoms with Crippen molar-refractivity contribution in [1.29, 1.82) is 0 Å². The van der Waals surface area contributed by atoms with Crippen LogP contribution in [0.4, 0.5) is 5.82 Å². The molecule has 3 rings (SSSR count). The highest BCUT2D eigenvalue weighted by molar-refractivity contribution is 5.66. The first kappa shape index (κ1) is 13.1. The molecule has 0 bridgehead atoms. The Morgan fingerprint density at radius 2 is 2.10 bits per heavy atom. The Kier molecular flexibility index (Phi) is 3.51. The smallest absolute Gasteiger partial charge is 0.258 e. The fourth-order valence-corrected chi connectivity index (χ4v) is 1.96. The number of pyridine rings is 1. The Morgan fingerprint density at radius 1 is 1.24 bits per heavy atom. The number of rotatable bonds is 4. The Hall–Kier alpha value is -2.89. The Labute approximate surface area is 121 Å². The quantitative estimate of drug-likeness (QED) is 0.791. The van der Waals surface area contributed by atoms with Crippen LogP contribution >= 0.6 is 0 Å². The molecule has 106 valence electrons. The van der Waals surface area contributed by atoms with Crippen molar-refractivity contribution in [3.8, 4) is 28.6 Å². The van der Waals surface area contributed by atoms with Gasteiger partial charge in [0.2, 0.25) is 5.82 Å². The number of nitrogens with two attached hydrogens (primary N) is 1. The highest BCUT2D eigenvalue weighted by Gasteiger charge is 2.14. The maximum absolute atomic E-state index is 5.66. The summed E-state index contributed by atoms with van der Waals surface area (Å²) in [4.78, 5) is 8.33. The van der Waals surface area contributed by atoms with Crippen LogP contribution in [0, 0.1) is 0 Å². The third-order valence-corrected chi connectivity index (χ3v) is 2.88. The van der Waals surface area contributed by atoms with Crippen molar-refractivity contribution in [2.75, 3.05) is 12.3 Å². The molecular weight excluding hydrogens is 268 g/mol. The molecular formula is C15H14N4O2. The van der Waals surface area contributed by atoms with Gasteiger partial charge in [-0.2, -0.15) is 4.98 Å². The molecule has 0 aliphatic carbocycles. The van der Waals surface area contributed by atoms with Crippen molar-refractivity contribution in [1.82, 2.24) is 15.1 Å². The standard InChI is InChI=1S/C15H14N4O2/c1-2-20-12-6-4-3-5-11(12)14-18-15(21-19-14)10-7-8-17-13(16)9-10/h3-9H,2H2,1H3,(H2,16,17). The molecule has 0 radical (unpaired) electrons. The SMILES string of the molecule is CCOc1ccccc1-c1noc(-c2ccnc(N)c2)n1. The van der Waals surface area contributed by atoms with E-state index in [2.05, 4.69) is 15.1 Å². The topological polar surface area (TPSA) is 87.1 Å². The Bertz CT molecular complexity index is 755. The van der Waals surface area contributed by atoms with Crippen LogP contribution in [0.15, 0.2) is 47.1 Å². The summed E-state index contributed by atoms with van der Waals surface area (Å²) in [6.45, 7) is 2.50. The minimum Gasteiger partial charge on any atom is -0.493 e. The molecule has 0 saturated carbocycles. The normalized spacial score (nSPS) is 10.5. The monoisotopic (exact) mass is 282 g/mol. The number of hydrogen-bond acceptors (Lipinski definition) is 6. The van der Waals surface area contributed by atoms with Gasteiger partial charge in [0.15, 0.2) is 0 Å². The van der Waals surface area contributed by atoms with Gasteiger partial charge in [-0.1, -0.05) is 17.3 Å². The third kappa shape index (κ3) is 2.69. The summed E-state index contributed by atoms with van der Waals surface area (Å²) in [6.07, 6.45) is 1.60. The summed E-state index contributed by atoms with van der Waals surface area (Å²) in [5.74, 6) is 2.00. The summed E-state index contributed by atoms with van der Waals surface area (Å²) in [5, 5.41) is 4.01. The van der Waals surface area contributed by atoms with Gasteiger partial charge in [-0.3, -0.25) is 0 Å². The number of anilines is 1. The largest absolute Gasteiger partial charge is 0.493 e.